The summed E-state index contributed by atoms with van der Waals surface area (Å²) < 4.78 is 6.92. The SMILES string of the molecule is COc1ccc(CCNC(=O)c2cncn2-c2ccccc2)cc1. The average molecular weight is 321 g/mol. The Morgan fingerprint density at radius 2 is 1.88 bits per heavy atom. The first-order valence-corrected chi connectivity index (χ1v) is 7.77. The fourth-order valence-electron chi connectivity index (χ4n) is 2.46. The van der Waals surface area contributed by atoms with Crippen LogP contribution < -0.4 is 10.1 Å². The van der Waals surface area contributed by atoms with Crippen LogP contribution >= 0.6 is 0 Å². The number of methoxy groups -OCH3 is 1. The molecule has 0 aliphatic heterocycles. The van der Waals surface area contributed by atoms with Crippen molar-refractivity contribution >= 4 is 5.91 Å². The van der Waals surface area contributed by atoms with Crippen LogP contribution in [0.4, 0.5) is 0 Å². The molecule has 3 rings (SSSR count). The highest BCUT2D eigenvalue weighted by atomic mass is 16.5. The van der Waals surface area contributed by atoms with Crippen LogP contribution in [0.25, 0.3) is 5.69 Å². The Morgan fingerprint density at radius 3 is 2.58 bits per heavy atom. The number of nitrogens with one attached hydrogen (secondary N) is 1. The quantitative estimate of drug-likeness (QED) is 0.759. The Bertz CT molecular complexity index is 795. The van der Waals surface area contributed by atoms with Gasteiger partial charge in [0, 0.05) is 12.2 Å². The van der Waals surface area contributed by atoms with Gasteiger partial charge in [0.05, 0.1) is 19.6 Å². The van der Waals surface area contributed by atoms with Crippen LogP contribution in [-0.4, -0.2) is 29.1 Å². The van der Waals surface area contributed by atoms with Gasteiger partial charge in [0.15, 0.2) is 0 Å². The van der Waals surface area contributed by atoms with Gasteiger partial charge in [-0.1, -0.05) is 30.3 Å². The van der Waals surface area contributed by atoms with Crippen LogP contribution in [0.5, 0.6) is 5.75 Å². The number of ether oxygens (including phenoxy) is 1. The lowest BCUT2D eigenvalue weighted by atomic mass is 10.1. The summed E-state index contributed by atoms with van der Waals surface area (Å²) >= 11 is 0. The first-order valence-electron chi connectivity index (χ1n) is 7.77. The number of aromatic nitrogens is 2. The van der Waals surface area contributed by atoms with Crippen LogP contribution in [0.15, 0.2) is 67.1 Å². The molecule has 0 saturated carbocycles. The number of carbonyl (C=O) groups excluding carboxylic acids is 1. The zero-order valence-electron chi connectivity index (χ0n) is 13.5. The molecule has 0 atom stereocenters. The van der Waals surface area contributed by atoms with Crippen molar-refractivity contribution < 1.29 is 9.53 Å². The molecule has 2 aromatic carbocycles. The van der Waals surface area contributed by atoms with Gasteiger partial charge < -0.3 is 10.1 Å². The summed E-state index contributed by atoms with van der Waals surface area (Å²) in [6.45, 7) is 0.561. The van der Waals surface area contributed by atoms with E-state index in [1.165, 1.54) is 0 Å². The molecule has 0 unspecified atom stereocenters. The highest BCUT2D eigenvalue weighted by Crippen LogP contribution is 2.12. The molecule has 5 nitrogen and oxygen atoms in total. The van der Waals surface area contributed by atoms with Crippen LogP contribution in [0.1, 0.15) is 16.1 Å². The van der Waals surface area contributed by atoms with Crippen LogP contribution in [0.3, 0.4) is 0 Å². The molecule has 0 bridgehead atoms. The number of hydrogen-bond donors (Lipinski definition) is 1. The Labute approximate surface area is 140 Å². The van der Waals surface area contributed by atoms with Gasteiger partial charge in [0.1, 0.15) is 11.4 Å². The molecule has 1 amide bonds. The maximum atomic E-state index is 12.4. The van der Waals surface area contributed by atoms with E-state index in [4.69, 9.17) is 4.74 Å². The summed E-state index contributed by atoms with van der Waals surface area (Å²) in [5.74, 6) is 0.694. The Hall–Kier alpha value is -3.08. The zero-order valence-corrected chi connectivity index (χ0v) is 13.5. The maximum absolute atomic E-state index is 12.4. The zero-order chi connectivity index (χ0) is 16.8. The third kappa shape index (κ3) is 3.63. The number of para-hydroxylation sites is 1. The van der Waals surface area contributed by atoms with Gasteiger partial charge >= 0.3 is 0 Å². The predicted molar refractivity (Wildman–Crippen MR) is 92.6 cm³/mol. The van der Waals surface area contributed by atoms with E-state index in [0.717, 1.165) is 23.4 Å². The van der Waals surface area contributed by atoms with E-state index in [9.17, 15) is 4.79 Å². The number of rotatable bonds is 6. The van der Waals surface area contributed by atoms with E-state index in [-0.39, 0.29) is 5.91 Å². The topological polar surface area (TPSA) is 56.1 Å². The van der Waals surface area contributed by atoms with Crippen molar-refractivity contribution in [2.75, 3.05) is 13.7 Å². The fourth-order valence-corrected chi connectivity index (χ4v) is 2.46. The molecule has 1 N–H and O–H groups in total. The number of amides is 1. The van der Waals surface area contributed by atoms with Crippen molar-refractivity contribution in [3.05, 3.63) is 78.4 Å². The number of hydrogen-bond acceptors (Lipinski definition) is 3. The van der Waals surface area contributed by atoms with E-state index in [1.54, 1.807) is 24.2 Å². The molecule has 0 aliphatic carbocycles. The molecular formula is C19H19N3O2. The molecular weight excluding hydrogens is 302 g/mol. The number of benzene rings is 2. The summed E-state index contributed by atoms with van der Waals surface area (Å²) in [6.07, 6.45) is 3.98. The normalized spacial score (nSPS) is 10.4. The minimum Gasteiger partial charge on any atom is -0.497 e. The van der Waals surface area contributed by atoms with E-state index in [2.05, 4.69) is 10.3 Å². The number of carbonyl (C=O) groups is 1. The van der Waals surface area contributed by atoms with Gasteiger partial charge in [-0.25, -0.2) is 4.98 Å². The maximum Gasteiger partial charge on any atom is 0.269 e. The molecule has 0 aliphatic rings. The van der Waals surface area contributed by atoms with Gasteiger partial charge in [-0.15, -0.1) is 0 Å². The second-order valence-electron chi connectivity index (χ2n) is 5.34. The lowest BCUT2D eigenvalue weighted by Gasteiger charge is -2.09. The molecule has 24 heavy (non-hydrogen) atoms. The van der Waals surface area contributed by atoms with E-state index < -0.39 is 0 Å². The standard InChI is InChI=1S/C19H19N3O2/c1-24-17-9-7-15(8-10-17)11-12-21-19(23)18-13-20-14-22(18)16-5-3-2-4-6-16/h2-10,13-14H,11-12H2,1H3,(H,21,23). The molecule has 1 aromatic heterocycles. The molecule has 0 radical (unpaired) electrons. The van der Waals surface area contributed by atoms with Crippen molar-refractivity contribution in [1.82, 2.24) is 14.9 Å². The number of imidazole rings is 1. The summed E-state index contributed by atoms with van der Waals surface area (Å²) in [5.41, 5.74) is 2.58. The van der Waals surface area contributed by atoms with Crippen molar-refractivity contribution in [1.29, 1.82) is 0 Å². The molecule has 122 valence electrons. The molecule has 1 heterocycles. The second-order valence-corrected chi connectivity index (χ2v) is 5.34. The predicted octanol–water partition coefficient (Wildman–Crippen LogP) is 2.85. The van der Waals surface area contributed by atoms with Gasteiger partial charge in [0.2, 0.25) is 0 Å². The van der Waals surface area contributed by atoms with E-state index in [1.807, 2.05) is 54.6 Å². The summed E-state index contributed by atoms with van der Waals surface area (Å²) in [6, 6.07) is 17.5. The van der Waals surface area contributed by atoms with Crippen molar-refractivity contribution in [3.8, 4) is 11.4 Å². The van der Waals surface area contributed by atoms with Gasteiger partial charge in [-0.2, -0.15) is 0 Å². The first-order chi connectivity index (χ1) is 11.8. The molecule has 0 saturated heterocycles. The summed E-state index contributed by atoms with van der Waals surface area (Å²) in [7, 11) is 1.64. The monoisotopic (exact) mass is 321 g/mol. The molecule has 0 fully saturated rings. The van der Waals surface area contributed by atoms with Crippen molar-refractivity contribution in [3.63, 3.8) is 0 Å². The van der Waals surface area contributed by atoms with E-state index in [0.29, 0.717) is 12.2 Å². The third-order valence-corrected chi connectivity index (χ3v) is 3.76. The van der Waals surface area contributed by atoms with Gasteiger partial charge in [0.25, 0.3) is 5.91 Å². The van der Waals surface area contributed by atoms with Gasteiger partial charge in [-0.3, -0.25) is 9.36 Å². The largest absolute Gasteiger partial charge is 0.497 e. The highest BCUT2D eigenvalue weighted by molar-refractivity contribution is 5.93. The van der Waals surface area contributed by atoms with Crippen LogP contribution in [0.2, 0.25) is 0 Å². The van der Waals surface area contributed by atoms with Gasteiger partial charge in [-0.05, 0) is 36.2 Å². The summed E-state index contributed by atoms with van der Waals surface area (Å²) in [4.78, 5) is 16.5. The Balaban J connectivity index is 1.61. The van der Waals surface area contributed by atoms with Crippen LogP contribution in [-0.2, 0) is 6.42 Å². The third-order valence-electron chi connectivity index (χ3n) is 3.76. The lowest BCUT2D eigenvalue weighted by molar-refractivity contribution is 0.0947. The Morgan fingerprint density at radius 1 is 1.12 bits per heavy atom. The smallest absolute Gasteiger partial charge is 0.269 e. The first kappa shape index (κ1) is 15.8. The second kappa shape index (κ2) is 7.46. The molecule has 3 aromatic rings. The lowest BCUT2D eigenvalue weighted by Crippen LogP contribution is -2.27. The van der Waals surface area contributed by atoms with E-state index >= 15 is 0 Å². The van der Waals surface area contributed by atoms with Crippen molar-refractivity contribution in [2.24, 2.45) is 0 Å². The highest BCUT2D eigenvalue weighted by Gasteiger charge is 2.12. The molecule has 5 heteroatoms. The summed E-state index contributed by atoms with van der Waals surface area (Å²) in [5, 5.41) is 2.94. The fraction of sp³-hybridized carbons (Fsp3) is 0.158. The average Bonchev–Trinajstić information content (AvgIpc) is 3.13. The minimum absolute atomic E-state index is 0.134. The Kier molecular flexibility index (Phi) is 4.91. The number of nitrogens with zero attached hydrogens (tertiary/aromatic N) is 2. The van der Waals surface area contributed by atoms with Crippen molar-refractivity contribution in [2.45, 2.75) is 6.42 Å². The minimum atomic E-state index is -0.134. The molecule has 0 spiro atoms. The van der Waals surface area contributed by atoms with Crippen LogP contribution in [0, 0.1) is 0 Å².